The summed E-state index contributed by atoms with van der Waals surface area (Å²) >= 11 is 3.33. The SMILES string of the molecule is CCc1cccc(C)c1N(Cc1ccccc1)C(=O)c1c(C)[nH]c(C)c(Br)c1=O. The van der Waals surface area contributed by atoms with Crippen molar-refractivity contribution in [1.82, 2.24) is 4.98 Å². The van der Waals surface area contributed by atoms with Crippen molar-refractivity contribution in [2.24, 2.45) is 0 Å². The first-order valence-electron chi connectivity index (χ1n) is 9.68. The number of aromatic amines is 1. The fourth-order valence-electron chi connectivity index (χ4n) is 3.65. The number of nitrogens with zero attached hydrogens (tertiary/aromatic N) is 1. The smallest absolute Gasteiger partial charge is 0.264 e. The third kappa shape index (κ3) is 4.20. The molecule has 3 aromatic rings. The van der Waals surface area contributed by atoms with Crippen LogP contribution in [0.4, 0.5) is 5.69 Å². The lowest BCUT2D eigenvalue weighted by atomic mass is 10.0. The van der Waals surface area contributed by atoms with Gasteiger partial charge in [0.2, 0.25) is 5.43 Å². The first kappa shape index (κ1) is 21.1. The third-order valence-electron chi connectivity index (χ3n) is 5.12. The molecular weight excluding hydrogens is 428 g/mol. The predicted octanol–water partition coefficient (Wildman–Crippen LogP) is 5.47. The lowest BCUT2D eigenvalue weighted by molar-refractivity contribution is 0.0982. The normalized spacial score (nSPS) is 10.8. The summed E-state index contributed by atoms with van der Waals surface area (Å²) in [6.45, 7) is 8.05. The van der Waals surface area contributed by atoms with Gasteiger partial charge in [-0.15, -0.1) is 0 Å². The second kappa shape index (κ2) is 8.78. The van der Waals surface area contributed by atoms with Crippen LogP contribution in [0.15, 0.2) is 57.8 Å². The summed E-state index contributed by atoms with van der Waals surface area (Å²) in [6, 6.07) is 15.9. The van der Waals surface area contributed by atoms with Crippen molar-refractivity contribution in [1.29, 1.82) is 0 Å². The highest BCUT2D eigenvalue weighted by molar-refractivity contribution is 9.10. The van der Waals surface area contributed by atoms with Crippen LogP contribution in [0.25, 0.3) is 0 Å². The van der Waals surface area contributed by atoms with Gasteiger partial charge >= 0.3 is 0 Å². The number of anilines is 1. The Morgan fingerprint density at radius 2 is 1.69 bits per heavy atom. The maximum atomic E-state index is 13.8. The van der Waals surface area contributed by atoms with E-state index in [1.54, 1.807) is 11.8 Å². The van der Waals surface area contributed by atoms with Crippen LogP contribution in [0.2, 0.25) is 0 Å². The molecule has 0 radical (unpaired) electrons. The molecule has 4 nitrogen and oxygen atoms in total. The van der Waals surface area contributed by atoms with Gasteiger partial charge in [-0.2, -0.15) is 0 Å². The van der Waals surface area contributed by atoms with E-state index >= 15 is 0 Å². The summed E-state index contributed by atoms with van der Waals surface area (Å²) in [5, 5.41) is 0. The Bertz CT molecular complexity index is 1100. The quantitative estimate of drug-likeness (QED) is 0.557. The Kier molecular flexibility index (Phi) is 6.38. The molecule has 0 unspecified atom stereocenters. The van der Waals surface area contributed by atoms with Gasteiger partial charge in [0.05, 0.1) is 16.7 Å². The summed E-state index contributed by atoms with van der Waals surface area (Å²) in [4.78, 5) is 31.6. The van der Waals surface area contributed by atoms with Gasteiger partial charge in [-0.05, 0) is 59.8 Å². The first-order chi connectivity index (χ1) is 13.8. The van der Waals surface area contributed by atoms with E-state index in [-0.39, 0.29) is 16.9 Å². The molecule has 0 bridgehead atoms. The Labute approximate surface area is 179 Å². The number of halogens is 1. The summed E-state index contributed by atoms with van der Waals surface area (Å²) in [6.07, 6.45) is 0.794. The number of amides is 1. The molecule has 1 amide bonds. The van der Waals surface area contributed by atoms with Crippen molar-refractivity contribution in [2.75, 3.05) is 4.90 Å². The molecule has 0 atom stereocenters. The number of aromatic nitrogens is 1. The van der Waals surface area contributed by atoms with Crippen molar-refractivity contribution >= 4 is 27.5 Å². The maximum absolute atomic E-state index is 13.8. The number of carbonyl (C=O) groups excluding carboxylic acids is 1. The van der Waals surface area contributed by atoms with Crippen LogP contribution in [0, 0.1) is 20.8 Å². The average molecular weight is 453 g/mol. The predicted molar refractivity (Wildman–Crippen MR) is 122 cm³/mol. The van der Waals surface area contributed by atoms with Crippen LogP contribution in [-0.2, 0) is 13.0 Å². The standard InChI is InChI=1S/C24H25BrN2O2/c1-5-19-13-9-10-15(2)22(19)27(14-18-11-7-6-8-12-18)24(29)20-16(3)26-17(4)21(25)23(20)28/h6-13H,5,14H2,1-4H3,(H,26,28). The molecule has 0 saturated carbocycles. The van der Waals surface area contributed by atoms with Crippen LogP contribution in [0.1, 0.15) is 45.4 Å². The number of hydrogen-bond acceptors (Lipinski definition) is 2. The van der Waals surface area contributed by atoms with E-state index in [4.69, 9.17) is 0 Å². The van der Waals surface area contributed by atoms with Crippen LogP contribution >= 0.6 is 15.9 Å². The Balaban J connectivity index is 2.21. The van der Waals surface area contributed by atoms with Crippen LogP contribution in [-0.4, -0.2) is 10.9 Å². The zero-order valence-corrected chi connectivity index (χ0v) is 18.8. The monoisotopic (exact) mass is 452 g/mol. The van der Waals surface area contributed by atoms with E-state index in [1.807, 2.05) is 62.4 Å². The largest absolute Gasteiger partial charge is 0.361 e. The number of aryl methyl sites for hydroxylation is 4. The number of H-pyrrole nitrogens is 1. The van der Waals surface area contributed by atoms with Gasteiger partial charge in [0.1, 0.15) is 5.56 Å². The summed E-state index contributed by atoms with van der Waals surface area (Å²) in [7, 11) is 0. The van der Waals surface area contributed by atoms with E-state index in [2.05, 4.69) is 27.8 Å². The second-order valence-corrected chi connectivity index (χ2v) is 8.00. The number of rotatable bonds is 5. The zero-order valence-electron chi connectivity index (χ0n) is 17.2. The van der Waals surface area contributed by atoms with Crippen molar-refractivity contribution in [3.63, 3.8) is 0 Å². The highest BCUT2D eigenvalue weighted by Crippen LogP contribution is 2.29. The number of nitrogens with one attached hydrogen (secondary N) is 1. The number of pyridine rings is 1. The highest BCUT2D eigenvalue weighted by Gasteiger charge is 2.27. The molecule has 2 aromatic carbocycles. The Morgan fingerprint density at radius 3 is 2.34 bits per heavy atom. The molecule has 29 heavy (non-hydrogen) atoms. The van der Waals surface area contributed by atoms with Gasteiger partial charge in [-0.1, -0.05) is 55.5 Å². The first-order valence-corrected chi connectivity index (χ1v) is 10.5. The third-order valence-corrected chi connectivity index (χ3v) is 6.08. The van der Waals surface area contributed by atoms with Gasteiger partial charge < -0.3 is 9.88 Å². The molecule has 150 valence electrons. The van der Waals surface area contributed by atoms with Crippen LogP contribution in [0.3, 0.4) is 0 Å². The zero-order chi connectivity index (χ0) is 21.1. The average Bonchev–Trinajstić information content (AvgIpc) is 2.71. The molecule has 1 aromatic heterocycles. The van der Waals surface area contributed by atoms with Gasteiger partial charge in [0, 0.05) is 11.4 Å². The number of carbonyl (C=O) groups is 1. The Morgan fingerprint density at radius 1 is 1.00 bits per heavy atom. The van der Waals surface area contributed by atoms with Crippen molar-refractivity contribution in [2.45, 2.75) is 40.7 Å². The van der Waals surface area contributed by atoms with Crippen LogP contribution in [0.5, 0.6) is 0 Å². The van der Waals surface area contributed by atoms with Gasteiger partial charge in [0.25, 0.3) is 5.91 Å². The van der Waals surface area contributed by atoms with E-state index in [0.29, 0.717) is 22.4 Å². The fraction of sp³-hybridized carbons (Fsp3) is 0.250. The summed E-state index contributed by atoms with van der Waals surface area (Å²) < 4.78 is 0.395. The molecule has 0 fully saturated rings. The molecular formula is C24H25BrN2O2. The van der Waals surface area contributed by atoms with Crippen molar-refractivity contribution < 1.29 is 4.79 Å². The molecule has 5 heteroatoms. The lowest BCUT2D eigenvalue weighted by Gasteiger charge is -2.27. The molecule has 1 heterocycles. The van der Waals surface area contributed by atoms with Crippen molar-refractivity contribution in [3.05, 3.63) is 96.9 Å². The molecule has 0 saturated heterocycles. The molecule has 0 aliphatic heterocycles. The Hall–Kier alpha value is -2.66. The van der Waals surface area contributed by atoms with Gasteiger partial charge in [-0.3, -0.25) is 9.59 Å². The number of hydrogen-bond donors (Lipinski definition) is 1. The minimum atomic E-state index is -0.294. The van der Waals surface area contributed by atoms with Gasteiger partial charge in [0.15, 0.2) is 0 Å². The van der Waals surface area contributed by atoms with E-state index in [0.717, 1.165) is 28.8 Å². The topological polar surface area (TPSA) is 53.2 Å². The van der Waals surface area contributed by atoms with Gasteiger partial charge in [-0.25, -0.2) is 0 Å². The summed E-state index contributed by atoms with van der Waals surface area (Å²) in [5.41, 5.74) is 5.14. The molecule has 0 spiro atoms. The summed E-state index contributed by atoms with van der Waals surface area (Å²) in [5.74, 6) is -0.294. The second-order valence-electron chi connectivity index (χ2n) is 7.21. The molecule has 0 aliphatic carbocycles. The number of benzene rings is 2. The van der Waals surface area contributed by atoms with Crippen molar-refractivity contribution in [3.8, 4) is 0 Å². The van der Waals surface area contributed by atoms with E-state index in [1.165, 1.54) is 0 Å². The number of para-hydroxylation sites is 1. The lowest BCUT2D eigenvalue weighted by Crippen LogP contribution is -2.36. The molecule has 1 N–H and O–H groups in total. The minimum Gasteiger partial charge on any atom is -0.361 e. The van der Waals surface area contributed by atoms with Crippen LogP contribution < -0.4 is 10.3 Å². The van der Waals surface area contributed by atoms with E-state index < -0.39 is 0 Å². The molecule has 0 aliphatic rings. The fourth-order valence-corrected chi connectivity index (χ4v) is 3.95. The molecule has 3 rings (SSSR count). The maximum Gasteiger partial charge on any atom is 0.264 e. The van der Waals surface area contributed by atoms with E-state index in [9.17, 15) is 9.59 Å². The highest BCUT2D eigenvalue weighted by atomic mass is 79.9. The minimum absolute atomic E-state index is 0.170.